The normalized spacial score (nSPS) is 18.3. The van der Waals surface area contributed by atoms with Crippen LogP contribution in [0.1, 0.15) is 53.1 Å². The maximum Gasteiger partial charge on any atom is 0.225 e. The Hall–Kier alpha value is -3.40. The molecule has 184 valence electrons. The summed E-state index contributed by atoms with van der Waals surface area (Å²) >= 11 is 0. The molecule has 0 radical (unpaired) electrons. The number of nitrogen functional groups attached to an aromatic ring is 1. The highest BCUT2D eigenvalue weighted by molar-refractivity contribution is 6.06. The van der Waals surface area contributed by atoms with Crippen LogP contribution in [0.15, 0.2) is 30.9 Å². The molecule has 5 rings (SSSR count). The molecule has 3 aromatic rings. The molecule has 0 aliphatic carbocycles. The van der Waals surface area contributed by atoms with Crippen LogP contribution in [0.5, 0.6) is 0 Å². The number of halogens is 1. The predicted molar refractivity (Wildman–Crippen MR) is 128 cm³/mol. The number of ketones is 1. The molecule has 35 heavy (non-hydrogen) atoms. The van der Waals surface area contributed by atoms with Gasteiger partial charge in [0, 0.05) is 37.8 Å². The highest BCUT2D eigenvalue weighted by Crippen LogP contribution is 2.32. The standard InChI is InChI=1S/C25H30FN7O2/c1-31-8-3-17(4-9-31)25(35)32-10-5-16(6-11-32)20-2-7-28-13-18(20)12-21(34)22-23(27)30-33-15-19(26)14-29-24(22)33/h2,7,13-17H,3-6,8-12H2,1H3,(H2,27,30). The van der Waals surface area contributed by atoms with E-state index < -0.39 is 5.82 Å². The first-order valence-corrected chi connectivity index (χ1v) is 12.1. The molecule has 0 bridgehead atoms. The van der Waals surface area contributed by atoms with Crippen molar-refractivity contribution in [3.63, 3.8) is 0 Å². The predicted octanol–water partition coefficient (Wildman–Crippen LogP) is 2.32. The molecule has 2 aliphatic rings. The molecule has 2 aliphatic heterocycles. The summed E-state index contributed by atoms with van der Waals surface area (Å²) in [5, 5.41) is 4.03. The fraction of sp³-hybridized carbons (Fsp3) is 0.480. The van der Waals surface area contributed by atoms with E-state index in [9.17, 15) is 14.0 Å². The number of fused-ring (bicyclic) bond motifs is 1. The molecule has 2 saturated heterocycles. The summed E-state index contributed by atoms with van der Waals surface area (Å²) in [4.78, 5) is 38.8. The van der Waals surface area contributed by atoms with Crippen LogP contribution in [0.3, 0.4) is 0 Å². The van der Waals surface area contributed by atoms with E-state index in [0.29, 0.717) is 0 Å². The van der Waals surface area contributed by atoms with Crippen molar-refractivity contribution in [2.75, 3.05) is 39.0 Å². The molecule has 2 N–H and O–H groups in total. The largest absolute Gasteiger partial charge is 0.382 e. The Morgan fingerprint density at radius 3 is 2.60 bits per heavy atom. The van der Waals surface area contributed by atoms with Gasteiger partial charge in [-0.2, -0.15) is 0 Å². The summed E-state index contributed by atoms with van der Waals surface area (Å²) in [5.41, 5.74) is 8.32. The number of anilines is 1. The van der Waals surface area contributed by atoms with E-state index in [1.54, 1.807) is 12.4 Å². The van der Waals surface area contributed by atoms with Crippen molar-refractivity contribution in [1.82, 2.24) is 29.4 Å². The molecule has 0 aromatic carbocycles. The molecule has 0 atom stereocenters. The molecule has 5 heterocycles. The first-order chi connectivity index (χ1) is 16.9. The highest BCUT2D eigenvalue weighted by atomic mass is 19.1. The summed E-state index contributed by atoms with van der Waals surface area (Å²) in [7, 11) is 2.10. The van der Waals surface area contributed by atoms with Crippen LogP contribution in [-0.2, 0) is 11.2 Å². The zero-order valence-electron chi connectivity index (χ0n) is 19.9. The summed E-state index contributed by atoms with van der Waals surface area (Å²) in [6, 6.07) is 1.97. The van der Waals surface area contributed by atoms with Crippen molar-refractivity contribution in [3.05, 3.63) is 53.4 Å². The van der Waals surface area contributed by atoms with Gasteiger partial charge >= 0.3 is 0 Å². The van der Waals surface area contributed by atoms with Crippen molar-refractivity contribution in [1.29, 1.82) is 0 Å². The average Bonchev–Trinajstić information content (AvgIpc) is 3.19. The molecule has 0 spiro atoms. The Morgan fingerprint density at radius 1 is 1.11 bits per heavy atom. The number of nitrogens with two attached hydrogens (primary N) is 1. The third kappa shape index (κ3) is 4.75. The average molecular weight is 480 g/mol. The number of likely N-dealkylation sites (tertiary alicyclic amines) is 2. The second-order valence-corrected chi connectivity index (χ2v) is 9.65. The fourth-order valence-corrected chi connectivity index (χ4v) is 5.37. The molecular formula is C25H30FN7O2. The summed E-state index contributed by atoms with van der Waals surface area (Å²) < 4.78 is 14.7. The number of pyridine rings is 1. The van der Waals surface area contributed by atoms with Gasteiger partial charge < -0.3 is 15.5 Å². The zero-order valence-corrected chi connectivity index (χ0v) is 19.9. The topological polar surface area (TPSA) is 110 Å². The van der Waals surface area contributed by atoms with Crippen LogP contribution in [0.2, 0.25) is 0 Å². The van der Waals surface area contributed by atoms with E-state index in [4.69, 9.17) is 5.73 Å². The minimum Gasteiger partial charge on any atom is -0.382 e. The Morgan fingerprint density at radius 2 is 1.86 bits per heavy atom. The summed E-state index contributed by atoms with van der Waals surface area (Å²) in [5.74, 6) is -0.102. The number of hydrogen-bond donors (Lipinski definition) is 1. The number of hydrogen-bond acceptors (Lipinski definition) is 7. The quantitative estimate of drug-likeness (QED) is 0.559. The zero-order chi connectivity index (χ0) is 24.5. The molecule has 9 nitrogen and oxygen atoms in total. The van der Waals surface area contributed by atoms with E-state index in [-0.39, 0.29) is 47.0 Å². The molecular weight excluding hydrogens is 449 g/mol. The van der Waals surface area contributed by atoms with Gasteiger partial charge in [-0.3, -0.25) is 14.6 Å². The number of carbonyl (C=O) groups excluding carboxylic acids is 2. The van der Waals surface area contributed by atoms with Gasteiger partial charge in [-0.1, -0.05) is 0 Å². The third-order valence-corrected chi connectivity index (χ3v) is 7.35. The SMILES string of the molecule is CN1CCC(C(=O)N2CCC(c3ccncc3CC(=O)c3c(N)nn4cc(F)cnc34)CC2)CC1. The van der Waals surface area contributed by atoms with Gasteiger partial charge in [0.15, 0.2) is 23.1 Å². The first kappa shape index (κ1) is 23.3. The van der Waals surface area contributed by atoms with Crippen LogP contribution in [-0.4, -0.2) is 74.3 Å². The summed E-state index contributed by atoms with van der Waals surface area (Å²) in [6.45, 7) is 3.40. The Labute approximate surface area is 203 Å². The maximum absolute atomic E-state index is 13.5. The van der Waals surface area contributed by atoms with E-state index in [1.165, 1.54) is 4.52 Å². The van der Waals surface area contributed by atoms with E-state index in [0.717, 1.165) is 75.4 Å². The number of rotatable bonds is 5. The smallest absolute Gasteiger partial charge is 0.225 e. The number of amides is 1. The van der Waals surface area contributed by atoms with Gasteiger partial charge in [-0.15, -0.1) is 5.10 Å². The van der Waals surface area contributed by atoms with E-state index in [2.05, 4.69) is 27.0 Å². The summed E-state index contributed by atoms with van der Waals surface area (Å²) in [6.07, 6.45) is 9.32. The molecule has 1 amide bonds. The highest BCUT2D eigenvalue weighted by Gasteiger charge is 2.31. The number of nitrogens with zero attached hydrogens (tertiary/aromatic N) is 6. The van der Waals surface area contributed by atoms with Crippen molar-refractivity contribution in [2.45, 2.75) is 38.0 Å². The van der Waals surface area contributed by atoms with E-state index >= 15 is 0 Å². The lowest BCUT2D eigenvalue weighted by atomic mass is 9.85. The van der Waals surface area contributed by atoms with Gasteiger partial charge in [-0.25, -0.2) is 13.9 Å². The number of aromatic nitrogens is 4. The second kappa shape index (κ2) is 9.69. The lowest BCUT2D eigenvalue weighted by molar-refractivity contribution is -0.138. The van der Waals surface area contributed by atoms with Crippen LogP contribution in [0.25, 0.3) is 5.65 Å². The van der Waals surface area contributed by atoms with Gasteiger partial charge in [0.2, 0.25) is 5.91 Å². The van der Waals surface area contributed by atoms with Crippen molar-refractivity contribution >= 4 is 23.2 Å². The van der Waals surface area contributed by atoms with Gasteiger partial charge in [0.1, 0.15) is 5.56 Å². The lowest BCUT2D eigenvalue weighted by Crippen LogP contribution is -2.44. The van der Waals surface area contributed by atoms with Crippen LogP contribution in [0.4, 0.5) is 10.2 Å². The van der Waals surface area contributed by atoms with Gasteiger partial charge in [0.05, 0.1) is 12.4 Å². The van der Waals surface area contributed by atoms with Crippen LogP contribution < -0.4 is 5.73 Å². The molecule has 10 heteroatoms. The number of Topliss-reactive ketones (excluding diaryl/α,β-unsaturated/α-hetero) is 1. The monoisotopic (exact) mass is 479 g/mol. The first-order valence-electron chi connectivity index (χ1n) is 12.1. The third-order valence-electron chi connectivity index (χ3n) is 7.35. The molecule has 2 fully saturated rings. The van der Waals surface area contributed by atoms with Crippen molar-refractivity contribution in [3.8, 4) is 0 Å². The number of carbonyl (C=O) groups is 2. The van der Waals surface area contributed by atoms with Crippen molar-refractivity contribution < 1.29 is 14.0 Å². The maximum atomic E-state index is 13.5. The van der Waals surface area contributed by atoms with Gasteiger partial charge in [-0.05, 0) is 68.9 Å². The minimum atomic E-state index is -0.561. The molecule has 0 saturated carbocycles. The van der Waals surface area contributed by atoms with Crippen LogP contribution >= 0.6 is 0 Å². The molecule has 0 unspecified atom stereocenters. The van der Waals surface area contributed by atoms with Crippen molar-refractivity contribution in [2.24, 2.45) is 5.92 Å². The van der Waals surface area contributed by atoms with Gasteiger partial charge in [0.25, 0.3) is 0 Å². The second-order valence-electron chi connectivity index (χ2n) is 9.65. The Kier molecular flexibility index (Phi) is 6.46. The lowest BCUT2D eigenvalue weighted by Gasteiger charge is -2.37. The van der Waals surface area contributed by atoms with E-state index in [1.807, 2.05) is 11.0 Å². The number of piperidine rings is 2. The van der Waals surface area contributed by atoms with Crippen LogP contribution in [0, 0.1) is 11.7 Å². The minimum absolute atomic E-state index is 0.0271. The Bertz CT molecular complexity index is 1240. The molecule has 3 aromatic heterocycles. The fourth-order valence-electron chi connectivity index (χ4n) is 5.37. The Balaban J connectivity index is 1.28.